The van der Waals surface area contributed by atoms with Crippen LogP contribution in [0.5, 0.6) is 0 Å². The van der Waals surface area contributed by atoms with Crippen LogP contribution in [-0.4, -0.2) is 44.9 Å². The van der Waals surface area contributed by atoms with Crippen LogP contribution in [0.15, 0.2) is 4.91 Å². The quantitative estimate of drug-likeness (QED) is 0.368. The van der Waals surface area contributed by atoms with E-state index in [9.17, 15) is 8.42 Å². The molecule has 0 aliphatic heterocycles. The molecule has 7 heteroatoms. The van der Waals surface area contributed by atoms with Gasteiger partial charge < -0.3 is 10.1 Å². The third kappa shape index (κ3) is 5.06. The van der Waals surface area contributed by atoms with E-state index in [-0.39, 0.29) is 18.5 Å². The van der Waals surface area contributed by atoms with Crippen molar-refractivity contribution >= 4 is 15.9 Å². The normalized spacial score (nSPS) is 13.1. The molecule has 0 saturated heterocycles. The molecule has 0 saturated carbocycles. The van der Waals surface area contributed by atoms with Crippen LogP contribution in [0.3, 0.4) is 0 Å². The maximum atomic E-state index is 12.3. The molecule has 0 aromatic heterocycles. The van der Waals surface area contributed by atoms with Crippen LogP contribution in [0, 0.1) is 17.2 Å². The van der Waals surface area contributed by atoms with Crippen LogP contribution < -0.4 is 0 Å². The molecular weight excluding hydrogens is 278 g/mol. The van der Waals surface area contributed by atoms with Crippen LogP contribution in [0.4, 0.5) is 0 Å². The summed E-state index contributed by atoms with van der Waals surface area (Å²) in [6, 6.07) is 1.19. The zero-order valence-corrected chi connectivity index (χ0v) is 13.3. The molecule has 0 radical (unpaired) electrons. The van der Waals surface area contributed by atoms with Crippen molar-refractivity contribution in [1.29, 1.82) is 5.26 Å². The van der Waals surface area contributed by atoms with Gasteiger partial charge in [0.1, 0.15) is 6.07 Å². The Balaban J connectivity index is 5.23. The summed E-state index contributed by atoms with van der Waals surface area (Å²) in [6.45, 7) is 6.42. The van der Waals surface area contributed by atoms with E-state index >= 15 is 0 Å². The highest BCUT2D eigenvalue weighted by molar-refractivity contribution is 7.93. The van der Waals surface area contributed by atoms with E-state index in [1.54, 1.807) is 14.0 Å². The van der Waals surface area contributed by atoms with E-state index in [1.807, 2.05) is 13.8 Å². The fourth-order valence-corrected chi connectivity index (χ4v) is 3.16. The van der Waals surface area contributed by atoms with Crippen LogP contribution in [0.25, 0.3) is 5.41 Å². The van der Waals surface area contributed by atoms with Gasteiger partial charge in [-0.3, -0.25) is 0 Å². The number of methoxy groups -OCH3 is 1. The smallest absolute Gasteiger partial charge is 0.259 e. The van der Waals surface area contributed by atoms with E-state index in [0.29, 0.717) is 13.0 Å². The molecule has 0 fully saturated rings. The van der Waals surface area contributed by atoms with Gasteiger partial charge in [-0.1, -0.05) is 13.8 Å². The summed E-state index contributed by atoms with van der Waals surface area (Å²) < 4.78 is 30.8. The Morgan fingerprint density at radius 2 is 1.95 bits per heavy atom. The second-order valence-electron chi connectivity index (χ2n) is 4.85. The highest BCUT2D eigenvalue weighted by Gasteiger charge is 2.31. The Hall–Kier alpha value is -1.19. The maximum Gasteiger partial charge on any atom is 0.259 e. The van der Waals surface area contributed by atoms with Gasteiger partial charge in [-0.25, -0.2) is 14.3 Å². The number of hydrogen-bond acceptors (Lipinski definition) is 4. The molecular formula is C13H22N3O3S-. The van der Waals surface area contributed by atoms with Gasteiger partial charge in [0, 0.05) is 26.3 Å². The molecule has 0 aliphatic rings. The summed E-state index contributed by atoms with van der Waals surface area (Å²) in [6.07, 6.45) is 1.34. The molecule has 0 aromatic rings. The number of ether oxygens (including phenoxy) is 1. The first-order valence-corrected chi connectivity index (χ1v) is 7.94. The number of nitriles is 1. The molecule has 0 aromatic carbocycles. The van der Waals surface area contributed by atoms with Crippen molar-refractivity contribution in [2.24, 2.45) is 5.92 Å². The minimum absolute atomic E-state index is 0.0887. The lowest BCUT2D eigenvalue weighted by molar-refractivity contribution is 0.186. The van der Waals surface area contributed by atoms with Gasteiger partial charge in [0.15, 0.2) is 4.91 Å². The van der Waals surface area contributed by atoms with Crippen molar-refractivity contribution in [1.82, 2.24) is 4.31 Å². The predicted octanol–water partition coefficient (Wildman–Crippen LogP) is 1.74. The van der Waals surface area contributed by atoms with Gasteiger partial charge in [-0.2, -0.15) is 9.57 Å². The molecule has 0 unspecified atom stereocenters. The summed E-state index contributed by atoms with van der Waals surface area (Å²) in [5, 5.41) is 17.6. The third-order valence-electron chi connectivity index (χ3n) is 3.17. The Bertz CT molecular complexity index is 487. The van der Waals surface area contributed by atoms with Crippen molar-refractivity contribution in [3.8, 4) is 6.07 Å². The van der Waals surface area contributed by atoms with E-state index in [2.05, 4.69) is 0 Å². The second-order valence-corrected chi connectivity index (χ2v) is 6.68. The Kier molecular flexibility index (Phi) is 8.35. The first kappa shape index (κ1) is 18.8. The Morgan fingerprint density at radius 3 is 2.35 bits per heavy atom. The molecule has 20 heavy (non-hydrogen) atoms. The highest BCUT2D eigenvalue weighted by Crippen LogP contribution is 2.20. The van der Waals surface area contributed by atoms with E-state index in [1.165, 1.54) is 16.2 Å². The molecule has 0 amide bonds. The van der Waals surface area contributed by atoms with Crippen LogP contribution in [0.2, 0.25) is 0 Å². The molecule has 0 rings (SSSR count). The number of hydrogen-bond donors (Lipinski definition) is 0. The SMILES string of the molecule is COCCCCN([C@H](C)C(C)C)S(=O)(=O)C(=C=[N-])C#N. The monoisotopic (exact) mass is 300 g/mol. The van der Waals surface area contributed by atoms with Gasteiger partial charge in [0.2, 0.25) is 0 Å². The number of allylic oxidation sites excluding steroid dienone is 1. The summed E-state index contributed by atoms with van der Waals surface area (Å²) in [5.41, 5.74) is 0. The lowest BCUT2D eigenvalue weighted by Crippen LogP contribution is -2.42. The second kappa shape index (κ2) is 8.88. The number of nitrogens with zero attached hydrogens (tertiary/aromatic N) is 3. The van der Waals surface area contributed by atoms with E-state index in [0.717, 1.165) is 6.42 Å². The highest BCUT2D eigenvalue weighted by atomic mass is 32.2. The van der Waals surface area contributed by atoms with Crippen molar-refractivity contribution < 1.29 is 13.2 Å². The molecule has 114 valence electrons. The van der Waals surface area contributed by atoms with Crippen molar-refractivity contribution in [2.75, 3.05) is 20.3 Å². The Morgan fingerprint density at radius 1 is 1.35 bits per heavy atom. The van der Waals surface area contributed by atoms with Gasteiger partial charge in [0.25, 0.3) is 10.0 Å². The number of rotatable bonds is 9. The van der Waals surface area contributed by atoms with Gasteiger partial charge in [-0.15, -0.1) is 0 Å². The lowest BCUT2D eigenvalue weighted by Gasteiger charge is -2.30. The lowest BCUT2D eigenvalue weighted by atomic mass is 10.1. The summed E-state index contributed by atoms with van der Waals surface area (Å²) >= 11 is 0. The van der Waals surface area contributed by atoms with Gasteiger partial charge in [-0.05, 0) is 25.7 Å². The number of sulfonamides is 1. The first-order valence-electron chi connectivity index (χ1n) is 6.50. The molecule has 0 spiro atoms. The minimum Gasteiger partial charge on any atom is -0.762 e. The first-order chi connectivity index (χ1) is 9.32. The molecule has 0 N–H and O–H groups in total. The van der Waals surface area contributed by atoms with E-state index in [4.69, 9.17) is 15.4 Å². The molecule has 0 heterocycles. The largest absolute Gasteiger partial charge is 0.762 e. The maximum absolute atomic E-state index is 12.3. The minimum atomic E-state index is -4.01. The fraction of sp³-hybridized carbons (Fsp3) is 0.769. The molecule has 1 atom stereocenters. The number of unbranched alkanes of at least 4 members (excludes halogenated alkanes) is 1. The van der Waals surface area contributed by atoms with Crippen LogP contribution in [-0.2, 0) is 14.8 Å². The van der Waals surface area contributed by atoms with Crippen molar-refractivity contribution in [3.63, 3.8) is 0 Å². The van der Waals surface area contributed by atoms with Crippen LogP contribution >= 0.6 is 0 Å². The topological polar surface area (TPSA) is 92.7 Å². The van der Waals surface area contributed by atoms with Gasteiger partial charge in [0.05, 0.1) is 0 Å². The summed E-state index contributed by atoms with van der Waals surface area (Å²) in [4.78, 5) is -0.753. The molecule has 6 nitrogen and oxygen atoms in total. The van der Waals surface area contributed by atoms with Crippen molar-refractivity contribution in [2.45, 2.75) is 39.7 Å². The summed E-state index contributed by atoms with van der Waals surface area (Å²) in [5.74, 6) is 1.56. The average Bonchev–Trinajstić information content (AvgIpc) is 2.38. The molecule has 0 aliphatic carbocycles. The zero-order chi connectivity index (χ0) is 15.8. The Labute approximate surface area is 121 Å². The summed E-state index contributed by atoms with van der Waals surface area (Å²) in [7, 11) is -2.42. The van der Waals surface area contributed by atoms with Crippen LogP contribution in [0.1, 0.15) is 33.6 Å². The zero-order valence-electron chi connectivity index (χ0n) is 12.5. The van der Waals surface area contributed by atoms with Crippen molar-refractivity contribution in [3.05, 3.63) is 10.3 Å². The average molecular weight is 300 g/mol. The predicted molar refractivity (Wildman–Crippen MR) is 78.5 cm³/mol. The standard InChI is InChI=1S/C13H22N3O3S/c1-11(2)12(3)16(7-5-6-8-19-4)20(17,18)13(9-14)10-15/h11-12H,5-8H2,1-4H3/q-1/t12-/m1/s1. The molecule has 0 bridgehead atoms. The fourth-order valence-electron chi connectivity index (χ4n) is 1.65. The van der Waals surface area contributed by atoms with E-state index < -0.39 is 14.9 Å². The van der Waals surface area contributed by atoms with Gasteiger partial charge >= 0.3 is 0 Å². The third-order valence-corrected chi connectivity index (χ3v) is 5.00.